The van der Waals surface area contributed by atoms with Crippen LogP contribution in [0.4, 0.5) is 0 Å². The topological polar surface area (TPSA) is 18.5 Å². The van der Waals surface area contributed by atoms with Crippen LogP contribution in [0, 0.1) is 0 Å². The van der Waals surface area contributed by atoms with E-state index in [-0.39, 0.29) is 5.79 Å². The molecule has 0 aromatic carbocycles. The molecule has 0 aliphatic carbocycles. The summed E-state index contributed by atoms with van der Waals surface area (Å²) >= 11 is 0. The Kier molecular flexibility index (Phi) is 2.02. The molecule has 1 fully saturated rings. The summed E-state index contributed by atoms with van der Waals surface area (Å²) in [5, 5.41) is 0. The molecular formula is C8H16O2. The van der Waals surface area contributed by atoms with E-state index in [2.05, 4.69) is 13.8 Å². The molecular weight excluding hydrogens is 128 g/mol. The van der Waals surface area contributed by atoms with Crippen LogP contribution < -0.4 is 0 Å². The van der Waals surface area contributed by atoms with Gasteiger partial charge in [0.15, 0.2) is 5.79 Å². The average Bonchev–Trinajstić information content (AvgIpc) is 1.54. The van der Waals surface area contributed by atoms with Crippen molar-refractivity contribution in [2.45, 2.75) is 52.1 Å². The van der Waals surface area contributed by atoms with E-state index < -0.39 is 0 Å². The molecule has 0 amide bonds. The zero-order valence-corrected chi connectivity index (χ0v) is 7.18. The molecule has 2 heteroatoms. The second-order valence-corrected chi connectivity index (χ2v) is 3.49. The van der Waals surface area contributed by atoms with Crippen molar-refractivity contribution in [3.63, 3.8) is 0 Å². The SMILES string of the molecule is C[C@H]1C[C@H](C)OC(C)(C)O1. The molecule has 1 aliphatic rings. The van der Waals surface area contributed by atoms with Crippen LogP contribution in [0.15, 0.2) is 0 Å². The summed E-state index contributed by atoms with van der Waals surface area (Å²) in [5.74, 6) is -0.378. The van der Waals surface area contributed by atoms with Crippen molar-refractivity contribution < 1.29 is 9.47 Å². The van der Waals surface area contributed by atoms with Gasteiger partial charge in [-0.05, 0) is 34.1 Å². The fourth-order valence-corrected chi connectivity index (χ4v) is 1.56. The maximum Gasteiger partial charge on any atom is 0.163 e. The third-order valence-corrected chi connectivity index (χ3v) is 1.63. The summed E-state index contributed by atoms with van der Waals surface area (Å²) in [6.45, 7) is 8.08. The zero-order valence-electron chi connectivity index (χ0n) is 7.18. The van der Waals surface area contributed by atoms with Crippen LogP contribution in [0.3, 0.4) is 0 Å². The number of hydrogen-bond donors (Lipinski definition) is 0. The minimum atomic E-state index is -0.378. The van der Waals surface area contributed by atoms with E-state index >= 15 is 0 Å². The molecule has 0 N–H and O–H groups in total. The first-order chi connectivity index (χ1) is 4.49. The average molecular weight is 144 g/mol. The Bertz CT molecular complexity index is 108. The minimum Gasteiger partial charge on any atom is -0.347 e. The normalized spacial score (nSPS) is 39.6. The zero-order chi connectivity index (χ0) is 7.78. The third kappa shape index (κ3) is 1.96. The summed E-state index contributed by atoms with van der Waals surface area (Å²) in [7, 11) is 0. The van der Waals surface area contributed by atoms with E-state index in [0.29, 0.717) is 12.2 Å². The number of hydrogen-bond acceptors (Lipinski definition) is 2. The van der Waals surface area contributed by atoms with E-state index in [9.17, 15) is 0 Å². The van der Waals surface area contributed by atoms with Crippen molar-refractivity contribution in [2.24, 2.45) is 0 Å². The van der Waals surface area contributed by atoms with Gasteiger partial charge in [0.2, 0.25) is 0 Å². The molecule has 10 heavy (non-hydrogen) atoms. The molecule has 0 bridgehead atoms. The van der Waals surface area contributed by atoms with Crippen LogP contribution in [0.2, 0.25) is 0 Å². The second kappa shape index (κ2) is 2.51. The number of rotatable bonds is 0. The molecule has 2 nitrogen and oxygen atoms in total. The molecule has 0 radical (unpaired) electrons. The highest BCUT2D eigenvalue weighted by Gasteiger charge is 2.30. The predicted octanol–water partition coefficient (Wildman–Crippen LogP) is 1.94. The van der Waals surface area contributed by atoms with Gasteiger partial charge in [-0.3, -0.25) is 0 Å². The van der Waals surface area contributed by atoms with Crippen molar-refractivity contribution in [1.29, 1.82) is 0 Å². The maximum absolute atomic E-state index is 5.52. The summed E-state index contributed by atoms with van der Waals surface area (Å²) in [6, 6.07) is 0. The monoisotopic (exact) mass is 144 g/mol. The van der Waals surface area contributed by atoms with Crippen LogP contribution in [0.25, 0.3) is 0 Å². The minimum absolute atomic E-state index is 0.332. The molecule has 1 heterocycles. The molecule has 0 aromatic rings. The van der Waals surface area contributed by atoms with Crippen LogP contribution in [-0.4, -0.2) is 18.0 Å². The van der Waals surface area contributed by atoms with E-state index in [4.69, 9.17) is 9.47 Å². The lowest BCUT2D eigenvalue weighted by Gasteiger charge is -2.38. The highest BCUT2D eigenvalue weighted by Crippen LogP contribution is 2.25. The Hall–Kier alpha value is -0.0800. The molecule has 0 spiro atoms. The molecule has 1 saturated heterocycles. The van der Waals surface area contributed by atoms with Gasteiger partial charge in [0, 0.05) is 0 Å². The Morgan fingerprint density at radius 2 is 1.50 bits per heavy atom. The largest absolute Gasteiger partial charge is 0.347 e. The second-order valence-electron chi connectivity index (χ2n) is 3.49. The van der Waals surface area contributed by atoms with E-state index in [1.165, 1.54) is 0 Å². The van der Waals surface area contributed by atoms with Gasteiger partial charge >= 0.3 is 0 Å². The lowest BCUT2D eigenvalue weighted by molar-refractivity contribution is -0.292. The van der Waals surface area contributed by atoms with Gasteiger partial charge in [-0.25, -0.2) is 0 Å². The van der Waals surface area contributed by atoms with Crippen molar-refractivity contribution in [1.82, 2.24) is 0 Å². The van der Waals surface area contributed by atoms with Crippen molar-refractivity contribution >= 4 is 0 Å². The molecule has 0 saturated carbocycles. The molecule has 2 atom stereocenters. The summed E-state index contributed by atoms with van der Waals surface area (Å²) in [4.78, 5) is 0. The standard InChI is InChI=1S/C8H16O2/c1-6-5-7(2)10-8(3,4)9-6/h6-7H,5H2,1-4H3/t6-,7-/m0/s1. The fraction of sp³-hybridized carbons (Fsp3) is 1.00. The van der Waals surface area contributed by atoms with Crippen molar-refractivity contribution in [2.75, 3.05) is 0 Å². The summed E-state index contributed by atoms with van der Waals surface area (Å²) < 4.78 is 11.0. The van der Waals surface area contributed by atoms with Gasteiger partial charge in [-0.2, -0.15) is 0 Å². The lowest BCUT2D eigenvalue weighted by atomic mass is 10.1. The smallest absolute Gasteiger partial charge is 0.163 e. The van der Waals surface area contributed by atoms with Gasteiger partial charge in [-0.15, -0.1) is 0 Å². The third-order valence-electron chi connectivity index (χ3n) is 1.63. The van der Waals surface area contributed by atoms with Crippen molar-refractivity contribution in [3.8, 4) is 0 Å². The fourth-order valence-electron chi connectivity index (χ4n) is 1.56. The Morgan fingerprint density at radius 3 is 1.80 bits per heavy atom. The van der Waals surface area contributed by atoms with Crippen LogP contribution >= 0.6 is 0 Å². The van der Waals surface area contributed by atoms with Gasteiger partial charge in [-0.1, -0.05) is 0 Å². The Balaban J connectivity index is 2.51. The van der Waals surface area contributed by atoms with Crippen LogP contribution in [0.1, 0.15) is 34.1 Å². The van der Waals surface area contributed by atoms with E-state index in [1.807, 2.05) is 13.8 Å². The Labute approximate surface area is 62.5 Å². The Morgan fingerprint density at radius 1 is 1.10 bits per heavy atom. The van der Waals surface area contributed by atoms with E-state index in [0.717, 1.165) is 6.42 Å². The van der Waals surface area contributed by atoms with Crippen molar-refractivity contribution in [3.05, 3.63) is 0 Å². The van der Waals surface area contributed by atoms with Gasteiger partial charge in [0.1, 0.15) is 0 Å². The highest BCUT2D eigenvalue weighted by molar-refractivity contribution is 4.70. The van der Waals surface area contributed by atoms with Gasteiger partial charge in [0.05, 0.1) is 12.2 Å². The van der Waals surface area contributed by atoms with E-state index in [1.54, 1.807) is 0 Å². The first-order valence-electron chi connectivity index (χ1n) is 3.85. The summed E-state index contributed by atoms with van der Waals surface area (Å²) in [5.41, 5.74) is 0. The molecule has 1 aliphatic heterocycles. The molecule has 60 valence electrons. The molecule has 0 unspecified atom stereocenters. The molecule has 0 aromatic heterocycles. The lowest BCUT2D eigenvalue weighted by Crippen LogP contribution is -2.42. The summed E-state index contributed by atoms with van der Waals surface area (Å²) in [6.07, 6.45) is 1.67. The molecule has 1 rings (SSSR count). The number of ether oxygens (including phenoxy) is 2. The van der Waals surface area contributed by atoms with Crippen LogP contribution in [0.5, 0.6) is 0 Å². The quantitative estimate of drug-likeness (QED) is 0.517. The van der Waals surface area contributed by atoms with Crippen LogP contribution in [-0.2, 0) is 9.47 Å². The maximum atomic E-state index is 5.52. The first-order valence-corrected chi connectivity index (χ1v) is 3.85. The highest BCUT2D eigenvalue weighted by atomic mass is 16.7. The van der Waals surface area contributed by atoms with Gasteiger partial charge < -0.3 is 9.47 Å². The van der Waals surface area contributed by atoms with Gasteiger partial charge in [0.25, 0.3) is 0 Å². The first kappa shape index (κ1) is 8.02. The predicted molar refractivity (Wildman–Crippen MR) is 39.8 cm³/mol.